The van der Waals surface area contributed by atoms with Crippen molar-refractivity contribution in [1.29, 1.82) is 0 Å². The summed E-state index contributed by atoms with van der Waals surface area (Å²) < 4.78 is 2.38. The Morgan fingerprint density at radius 1 is 0.794 bits per heavy atom. The molecule has 0 spiro atoms. The van der Waals surface area contributed by atoms with E-state index in [0.717, 1.165) is 45.3 Å². The number of para-hydroxylation sites is 1. The summed E-state index contributed by atoms with van der Waals surface area (Å²) in [7, 11) is 0. The van der Waals surface area contributed by atoms with Crippen molar-refractivity contribution in [3.05, 3.63) is 127 Å². The topological polar surface area (TPSA) is 43.6 Å². The predicted molar refractivity (Wildman–Crippen MR) is 138 cm³/mol. The minimum Gasteiger partial charge on any atom is -0.320 e. The molecule has 4 nitrogen and oxygen atoms in total. The van der Waals surface area contributed by atoms with Crippen LogP contribution in [0.5, 0.6) is 0 Å². The Labute approximate surface area is 198 Å². The first-order valence-electron chi connectivity index (χ1n) is 11.6. The Balaban J connectivity index is 1.55. The molecule has 4 heteroatoms. The van der Waals surface area contributed by atoms with E-state index in [2.05, 4.69) is 106 Å². The van der Waals surface area contributed by atoms with Crippen molar-refractivity contribution < 1.29 is 0 Å². The third kappa shape index (κ3) is 3.63. The van der Waals surface area contributed by atoms with Crippen LogP contribution in [0, 0.1) is 0 Å². The van der Waals surface area contributed by atoms with Gasteiger partial charge in [0.05, 0.1) is 22.6 Å². The minimum atomic E-state index is 0.143. The van der Waals surface area contributed by atoms with E-state index in [1.807, 2.05) is 24.7 Å². The minimum absolute atomic E-state index is 0.143. The maximum Gasteiger partial charge on any atom is 0.114 e. The van der Waals surface area contributed by atoms with Crippen LogP contribution in [0.25, 0.3) is 33.1 Å². The van der Waals surface area contributed by atoms with Gasteiger partial charge in [-0.1, -0.05) is 60.7 Å². The van der Waals surface area contributed by atoms with E-state index in [0.29, 0.717) is 0 Å². The van der Waals surface area contributed by atoms with Crippen molar-refractivity contribution in [3.63, 3.8) is 0 Å². The first-order chi connectivity index (χ1) is 16.8. The van der Waals surface area contributed by atoms with Gasteiger partial charge in [-0.15, -0.1) is 0 Å². The summed E-state index contributed by atoms with van der Waals surface area (Å²) in [5.41, 5.74) is 7.89. The van der Waals surface area contributed by atoms with E-state index in [9.17, 15) is 0 Å². The molecular weight excluding hydrogens is 416 g/mol. The molecule has 0 saturated carbocycles. The Bertz CT molecular complexity index is 1580. The number of hydrogen-bond donors (Lipinski definition) is 0. The van der Waals surface area contributed by atoms with Crippen LogP contribution < -0.4 is 0 Å². The molecule has 3 aromatic heterocycles. The molecule has 3 heterocycles. The van der Waals surface area contributed by atoms with Gasteiger partial charge in [-0.25, -0.2) is 4.98 Å². The maximum atomic E-state index is 5.08. The lowest BCUT2D eigenvalue weighted by molar-refractivity contribution is 0.627. The fourth-order valence-corrected chi connectivity index (χ4v) is 4.77. The summed E-state index contributed by atoms with van der Waals surface area (Å²) in [6, 6.07) is 31.9. The van der Waals surface area contributed by atoms with Crippen LogP contribution in [0.3, 0.4) is 0 Å². The molecule has 34 heavy (non-hydrogen) atoms. The molecule has 0 bridgehead atoms. The second kappa shape index (κ2) is 8.56. The van der Waals surface area contributed by atoms with Crippen LogP contribution >= 0.6 is 0 Å². The van der Waals surface area contributed by atoms with E-state index in [1.165, 1.54) is 11.1 Å². The predicted octanol–water partition coefficient (Wildman–Crippen LogP) is 6.85. The first kappa shape index (κ1) is 20.3. The molecule has 1 atom stereocenters. The van der Waals surface area contributed by atoms with Crippen molar-refractivity contribution >= 4 is 21.9 Å². The van der Waals surface area contributed by atoms with Crippen molar-refractivity contribution in [2.75, 3.05) is 0 Å². The Kier molecular flexibility index (Phi) is 5.11. The Morgan fingerprint density at radius 3 is 2.47 bits per heavy atom. The Morgan fingerprint density at radius 2 is 1.62 bits per heavy atom. The normalized spacial score (nSPS) is 12.3. The third-order valence-corrected chi connectivity index (χ3v) is 6.49. The van der Waals surface area contributed by atoms with Crippen molar-refractivity contribution in [2.24, 2.45) is 0 Å². The van der Waals surface area contributed by atoms with Gasteiger partial charge in [0.2, 0.25) is 0 Å². The zero-order valence-corrected chi connectivity index (χ0v) is 19.0. The van der Waals surface area contributed by atoms with Gasteiger partial charge in [-0.3, -0.25) is 9.97 Å². The second-order valence-electron chi connectivity index (χ2n) is 8.60. The van der Waals surface area contributed by atoms with Crippen LogP contribution in [0.4, 0.5) is 0 Å². The number of pyridine rings is 2. The number of nitrogens with zero attached hydrogens (tertiary/aromatic N) is 4. The molecule has 0 aliphatic heterocycles. The summed E-state index contributed by atoms with van der Waals surface area (Å²) in [5.74, 6) is 1.05. The van der Waals surface area contributed by atoms with E-state index in [1.54, 1.807) is 0 Å². The average Bonchev–Trinajstić information content (AvgIpc) is 3.26. The molecule has 0 fully saturated rings. The van der Waals surface area contributed by atoms with Gasteiger partial charge in [0.25, 0.3) is 0 Å². The number of hydrogen-bond acceptors (Lipinski definition) is 3. The van der Waals surface area contributed by atoms with Gasteiger partial charge in [0, 0.05) is 36.0 Å². The first-order valence-corrected chi connectivity index (χ1v) is 11.6. The molecule has 1 unspecified atom stereocenters. The van der Waals surface area contributed by atoms with Crippen molar-refractivity contribution in [2.45, 2.75) is 19.4 Å². The van der Waals surface area contributed by atoms with E-state index >= 15 is 0 Å². The summed E-state index contributed by atoms with van der Waals surface area (Å²) in [6.45, 7) is 2.25. The van der Waals surface area contributed by atoms with Crippen LogP contribution in [-0.2, 0) is 6.42 Å². The lowest BCUT2D eigenvalue weighted by Gasteiger charge is -2.19. The lowest BCUT2D eigenvalue weighted by Crippen LogP contribution is -2.11. The largest absolute Gasteiger partial charge is 0.320 e. The fraction of sp³-hybridized carbons (Fsp3) is 0.100. The summed E-state index contributed by atoms with van der Waals surface area (Å²) in [4.78, 5) is 13.9. The molecular formula is C30H24N4. The molecule has 0 radical (unpaired) electrons. The molecule has 0 N–H and O–H groups in total. The Hall–Kier alpha value is -4.31. The van der Waals surface area contributed by atoms with E-state index in [-0.39, 0.29) is 6.04 Å². The third-order valence-electron chi connectivity index (χ3n) is 6.49. The molecule has 0 aliphatic carbocycles. The molecule has 0 saturated heterocycles. The zero-order chi connectivity index (χ0) is 22.9. The molecule has 3 aromatic carbocycles. The summed E-state index contributed by atoms with van der Waals surface area (Å²) in [6.07, 6.45) is 6.29. The second-order valence-corrected chi connectivity index (χ2v) is 8.60. The van der Waals surface area contributed by atoms with Gasteiger partial charge >= 0.3 is 0 Å². The zero-order valence-electron chi connectivity index (χ0n) is 19.0. The molecule has 6 aromatic rings. The molecule has 164 valence electrons. The number of imidazole rings is 1. The van der Waals surface area contributed by atoms with Crippen LogP contribution in [0.15, 0.2) is 110 Å². The average molecular weight is 441 g/mol. The monoisotopic (exact) mass is 440 g/mol. The molecule has 0 aliphatic rings. The van der Waals surface area contributed by atoms with Gasteiger partial charge in [-0.2, -0.15) is 0 Å². The molecule has 0 amide bonds. The summed E-state index contributed by atoms with van der Waals surface area (Å²) in [5, 5.41) is 1.14. The van der Waals surface area contributed by atoms with Crippen molar-refractivity contribution in [1.82, 2.24) is 19.5 Å². The van der Waals surface area contributed by atoms with Gasteiger partial charge in [-0.05, 0) is 53.9 Å². The highest BCUT2D eigenvalue weighted by Gasteiger charge is 2.19. The van der Waals surface area contributed by atoms with Gasteiger partial charge in [0.15, 0.2) is 0 Å². The number of fused-ring (bicyclic) bond motifs is 2. The van der Waals surface area contributed by atoms with Crippen LogP contribution in [-0.4, -0.2) is 19.5 Å². The standard InChI is InChI=1S/C30H24N4/c1-21(23-7-3-2-4-8-23)34-28-20-25(26-11-5-9-24-10-6-16-32-30(24)26)12-13-27(28)33-29(34)19-22-14-17-31-18-15-22/h2-18,20-21H,19H2,1H3. The number of rotatable bonds is 5. The summed E-state index contributed by atoms with van der Waals surface area (Å²) >= 11 is 0. The van der Waals surface area contributed by atoms with Gasteiger partial charge in [0.1, 0.15) is 5.82 Å². The van der Waals surface area contributed by atoms with E-state index < -0.39 is 0 Å². The quantitative estimate of drug-likeness (QED) is 0.294. The number of benzene rings is 3. The lowest BCUT2D eigenvalue weighted by atomic mass is 10.0. The van der Waals surface area contributed by atoms with E-state index in [4.69, 9.17) is 4.98 Å². The smallest absolute Gasteiger partial charge is 0.114 e. The number of aromatic nitrogens is 4. The van der Waals surface area contributed by atoms with Gasteiger partial charge < -0.3 is 4.57 Å². The molecule has 6 rings (SSSR count). The SMILES string of the molecule is CC(c1ccccc1)n1c(Cc2ccncc2)nc2ccc(-c3cccc4cccnc34)cc21. The highest BCUT2D eigenvalue weighted by Crippen LogP contribution is 2.33. The van der Waals surface area contributed by atoms with Crippen molar-refractivity contribution in [3.8, 4) is 11.1 Å². The highest BCUT2D eigenvalue weighted by atomic mass is 15.1. The van der Waals surface area contributed by atoms with Crippen LogP contribution in [0.2, 0.25) is 0 Å². The van der Waals surface area contributed by atoms with Crippen LogP contribution in [0.1, 0.15) is 29.9 Å². The fourth-order valence-electron chi connectivity index (χ4n) is 4.77. The maximum absolute atomic E-state index is 5.08. The highest BCUT2D eigenvalue weighted by molar-refractivity contribution is 5.95.